The number of hydrogen-bond donors (Lipinski definition) is 1. The average molecular weight is 367 g/mol. The lowest BCUT2D eigenvalue weighted by Gasteiger charge is -2.35. The van der Waals surface area contributed by atoms with Crippen LogP contribution in [0.3, 0.4) is 0 Å². The standard InChI is InChI=1S/C14H16ClN3S.2ClH/c15-12-10-17-4-3-11(12)14(13-2-1-9-19-13)18-7-5-16-6-8-18;;/h1-4,9-10,14,16H,5-8H2;2*1H/t14-;;/m1../s1. The number of nitrogens with zero attached hydrogens (tertiary/aromatic N) is 2. The quantitative estimate of drug-likeness (QED) is 0.899. The second-order valence-electron chi connectivity index (χ2n) is 4.60. The van der Waals surface area contributed by atoms with Gasteiger partial charge in [-0.2, -0.15) is 0 Å². The maximum Gasteiger partial charge on any atom is 0.0712 e. The summed E-state index contributed by atoms with van der Waals surface area (Å²) >= 11 is 8.14. The van der Waals surface area contributed by atoms with E-state index in [0.717, 1.165) is 36.8 Å². The van der Waals surface area contributed by atoms with E-state index in [1.54, 1.807) is 17.5 Å². The van der Waals surface area contributed by atoms with E-state index in [2.05, 4.69) is 32.7 Å². The second-order valence-corrected chi connectivity index (χ2v) is 5.99. The molecule has 0 unspecified atom stereocenters. The molecule has 1 N–H and O–H groups in total. The minimum Gasteiger partial charge on any atom is -0.314 e. The van der Waals surface area contributed by atoms with Crippen molar-refractivity contribution in [3.8, 4) is 0 Å². The Bertz CT molecular complexity index is 530. The van der Waals surface area contributed by atoms with Crippen molar-refractivity contribution in [3.05, 3.63) is 51.4 Å². The van der Waals surface area contributed by atoms with Crippen molar-refractivity contribution in [2.45, 2.75) is 6.04 Å². The molecule has 3 nitrogen and oxygen atoms in total. The van der Waals surface area contributed by atoms with E-state index in [1.165, 1.54) is 4.88 Å². The highest BCUT2D eigenvalue weighted by atomic mass is 35.5. The maximum atomic E-state index is 6.35. The highest BCUT2D eigenvalue weighted by molar-refractivity contribution is 7.10. The Labute approximate surface area is 146 Å². The fourth-order valence-corrected chi connectivity index (χ4v) is 3.62. The fraction of sp³-hybridized carbons (Fsp3) is 0.357. The van der Waals surface area contributed by atoms with Gasteiger partial charge in [-0.15, -0.1) is 36.2 Å². The highest BCUT2D eigenvalue weighted by Crippen LogP contribution is 2.35. The number of thiophene rings is 1. The van der Waals surface area contributed by atoms with Crippen molar-refractivity contribution in [3.63, 3.8) is 0 Å². The van der Waals surface area contributed by atoms with Gasteiger partial charge in [0, 0.05) is 43.4 Å². The first-order chi connectivity index (χ1) is 9.36. The van der Waals surface area contributed by atoms with Crippen LogP contribution in [0.1, 0.15) is 16.5 Å². The van der Waals surface area contributed by atoms with E-state index in [1.807, 2.05) is 12.3 Å². The number of pyridine rings is 1. The summed E-state index contributed by atoms with van der Waals surface area (Å²) in [5.41, 5.74) is 1.15. The van der Waals surface area contributed by atoms with Gasteiger partial charge in [0.15, 0.2) is 0 Å². The van der Waals surface area contributed by atoms with Crippen LogP contribution in [0.25, 0.3) is 0 Å². The molecular weight excluding hydrogens is 349 g/mol. The first-order valence-corrected chi connectivity index (χ1v) is 7.69. The summed E-state index contributed by atoms with van der Waals surface area (Å²) in [6.07, 6.45) is 3.56. The minimum absolute atomic E-state index is 0. The number of aromatic nitrogens is 1. The molecule has 2 aromatic heterocycles. The van der Waals surface area contributed by atoms with Crippen LogP contribution in [0, 0.1) is 0 Å². The van der Waals surface area contributed by atoms with Crippen LogP contribution < -0.4 is 5.32 Å². The normalized spacial score (nSPS) is 16.6. The Balaban J connectivity index is 0.00000110. The molecule has 1 aliphatic rings. The Morgan fingerprint density at radius 2 is 2.00 bits per heavy atom. The van der Waals surface area contributed by atoms with Gasteiger partial charge in [-0.25, -0.2) is 0 Å². The second kappa shape index (κ2) is 8.93. The van der Waals surface area contributed by atoms with Crippen LogP contribution in [0.2, 0.25) is 5.02 Å². The van der Waals surface area contributed by atoms with Crippen molar-refractivity contribution in [2.75, 3.05) is 26.2 Å². The lowest BCUT2D eigenvalue weighted by atomic mass is 10.0. The van der Waals surface area contributed by atoms with Gasteiger partial charge in [0.05, 0.1) is 11.1 Å². The third-order valence-corrected chi connectivity index (χ3v) is 4.67. The van der Waals surface area contributed by atoms with Crippen LogP contribution in [0.4, 0.5) is 0 Å². The summed E-state index contributed by atoms with van der Waals surface area (Å²) in [6, 6.07) is 6.57. The van der Waals surface area contributed by atoms with Crippen molar-refractivity contribution >= 4 is 47.8 Å². The number of rotatable bonds is 3. The molecular formula is C14H18Cl3N3S. The van der Waals surface area contributed by atoms with E-state index >= 15 is 0 Å². The van der Waals surface area contributed by atoms with Gasteiger partial charge in [-0.3, -0.25) is 9.88 Å². The van der Waals surface area contributed by atoms with Crippen LogP contribution in [0.15, 0.2) is 36.0 Å². The Kier molecular flexibility index (Phi) is 7.95. The smallest absolute Gasteiger partial charge is 0.0712 e. The Morgan fingerprint density at radius 1 is 1.24 bits per heavy atom. The maximum absolute atomic E-state index is 6.35. The lowest BCUT2D eigenvalue weighted by Crippen LogP contribution is -2.45. The van der Waals surface area contributed by atoms with Gasteiger partial charge >= 0.3 is 0 Å². The molecule has 1 aliphatic heterocycles. The molecule has 0 aliphatic carbocycles. The monoisotopic (exact) mass is 365 g/mol. The highest BCUT2D eigenvalue weighted by Gasteiger charge is 2.26. The van der Waals surface area contributed by atoms with Crippen molar-refractivity contribution in [1.29, 1.82) is 0 Å². The van der Waals surface area contributed by atoms with Gasteiger partial charge in [0.2, 0.25) is 0 Å². The van der Waals surface area contributed by atoms with Gasteiger partial charge in [0.25, 0.3) is 0 Å². The first-order valence-electron chi connectivity index (χ1n) is 6.44. The van der Waals surface area contributed by atoms with Crippen molar-refractivity contribution in [1.82, 2.24) is 15.2 Å². The third kappa shape index (κ3) is 4.31. The van der Waals surface area contributed by atoms with E-state index in [9.17, 15) is 0 Å². The molecule has 1 saturated heterocycles. The predicted octanol–water partition coefficient (Wildman–Crippen LogP) is 3.63. The van der Waals surface area contributed by atoms with Gasteiger partial charge in [0.1, 0.15) is 0 Å². The lowest BCUT2D eigenvalue weighted by molar-refractivity contribution is 0.200. The van der Waals surface area contributed by atoms with E-state index in [-0.39, 0.29) is 30.9 Å². The molecule has 0 spiro atoms. The summed E-state index contributed by atoms with van der Waals surface area (Å²) < 4.78 is 0. The zero-order valence-corrected chi connectivity index (χ0v) is 14.6. The summed E-state index contributed by atoms with van der Waals surface area (Å²) in [4.78, 5) is 7.93. The third-order valence-electron chi connectivity index (χ3n) is 3.43. The molecule has 0 bridgehead atoms. The Morgan fingerprint density at radius 3 is 2.62 bits per heavy atom. The van der Waals surface area contributed by atoms with Crippen molar-refractivity contribution in [2.24, 2.45) is 0 Å². The molecule has 3 rings (SSSR count). The van der Waals surface area contributed by atoms with Crippen molar-refractivity contribution < 1.29 is 0 Å². The zero-order valence-electron chi connectivity index (χ0n) is 11.4. The molecule has 1 fully saturated rings. The Hall–Kier alpha value is -0.360. The molecule has 3 heterocycles. The molecule has 0 amide bonds. The molecule has 21 heavy (non-hydrogen) atoms. The molecule has 1 atom stereocenters. The van der Waals surface area contributed by atoms with E-state index < -0.39 is 0 Å². The summed E-state index contributed by atoms with van der Waals surface area (Å²) in [6.45, 7) is 4.15. The molecule has 2 aromatic rings. The van der Waals surface area contributed by atoms with Gasteiger partial charge in [-0.05, 0) is 23.1 Å². The van der Waals surface area contributed by atoms with Crippen LogP contribution in [0.5, 0.6) is 0 Å². The zero-order chi connectivity index (χ0) is 13.1. The summed E-state index contributed by atoms with van der Waals surface area (Å²) in [7, 11) is 0. The number of nitrogens with one attached hydrogen (secondary N) is 1. The number of hydrogen-bond acceptors (Lipinski definition) is 4. The molecule has 0 saturated carbocycles. The number of piperazine rings is 1. The molecule has 0 radical (unpaired) electrons. The van der Waals surface area contributed by atoms with E-state index in [0.29, 0.717) is 0 Å². The van der Waals surface area contributed by atoms with Crippen LogP contribution >= 0.6 is 47.8 Å². The first kappa shape index (κ1) is 18.7. The summed E-state index contributed by atoms with van der Waals surface area (Å²) in [5.74, 6) is 0. The number of halogens is 3. The average Bonchev–Trinajstić information content (AvgIpc) is 2.96. The van der Waals surface area contributed by atoms with Gasteiger partial charge in [-0.1, -0.05) is 17.7 Å². The van der Waals surface area contributed by atoms with E-state index in [4.69, 9.17) is 11.6 Å². The fourth-order valence-electron chi connectivity index (χ4n) is 2.52. The minimum atomic E-state index is 0. The topological polar surface area (TPSA) is 28.2 Å². The summed E-state index contributed by atoms with van der Waals surface area (Å²) in [5, 5.41) is 6.27. The molecule has 116 valence electrons. The molecule has 7 heteroatoms. The SMILES string of the molecule is Cl.Cl.Clc1cnccc1[C@H](c1cccs1)N1CCNCC1. The predicted molar refractivity (Wildman–Crippen MR) is 94.3 cm³/mol. The van der Waals surface area contributed by atoms with Crippen LogP contribution in [-0.2, 0) is 0 Å². The largest absolute Gasteiger partial charge is 0.314 e. The molecule has 0 aromatic carbocycles. The van der Waals surface area contributed by atoms with Crippen LogP contribution in [-0.4, -0.2) is 36.1 Å². The van der Waals surface area contributed by atoms with Gasteiger partial charge < -0.3 is 5.32 Å².